The maximum absolute atomic E-state index is 13.2. The molecule has 4 rings (SSSR count). The summed E-state index contributed by atoms with van der Waals surface area (Å²) in [6.07, 6.45) is 5.23. The molecule has 0 amide bonds. The molecule has 1 heterocycles. The number of hydrogen-bond donors (Lipinski definition) is 3. The van der Waals surface area contributed by atoms with Crippen LogP contribution in [-0.2, 0) is 16.4 Å². The van der Waals surface area contributed by atoms with Crippen LogP contribution < -0.4 is 15.8 Å². The number of fused-ring (bicyclic) bond motifs is 1. The van der Waals surface area contributed by atoms with Crippen molar-refractivity contribution in [1.82, 2.24) is 15.0 Å². The van der Waals surface area contributed by atoms with E-state index in [9.17, 15) is 8.42 Å². The summed E-state index contributed by atoms with van der Waals surface area (Å²) >= 11 is 0. The van der Waals surface area contributed by atoms with Crippen LogP contribution in [0.25, 0.3) is 21.9 Å². The Hall–Kier alpha value is -3.26. The first-order chi connectivity index (χ1) is 16.0. The monoisotopic (exact) mass is 460 g/mol. The molecular formula is C26H28N4O2S. The number of rotatable bonds is 10. The van der Waals surface area contributed by atoms with Crippen molar-refractivity contribution in [1.29, 1.82) is 0 Å². The smallest absolute Gasteiger partial charge is 0.241 e. The quantitative estimate of drug-likeness (QED) is 0.246. The van der Waals surface area contributed by atoms with Crippen molar-refractivity contribution in [3.05, 3.63) is 90.8 Å². The number of sulfonamides is 1. The van der Waals surface area contributed by atoms with Gasteiger partial charge in [-0.2, -0.15) is 0 Å². The van der Waals surface area contributed by atoms with Gasteiger partial charge >= 0.3 is 0 Å². The van der Waals surface area contributed by atoms with E-state index < -0.39 is 10.0 Å². The van der Waals surface area contributed by atoms with E-state index >= 15 is 0 Å². The molecule has 0 aliphatic rings. The highest BCUT2D eigenvalue weighted by Crippen LogP contribution is 2.30. The van der Waals surface area contributed by atoms with Crippen molar-refractivity contribution < 1.29 is 8.42 Å². The number of nitrogen functional groups attached to an aromatic ring is 1. The highest BCUT2D eigenvalue weighted by Gasteiger charge is 2.18. The third-order valence-electron chi connectivity index (χ3n) is 5.50. The zero-order valence-corrected chi connectivity index (χ0v) is 19.2. The van der Waals surface area contributed by atoms with E-state index in [1.807, 2.05) is 60.7 Å². The van der Waals surface area contributed by atoms with Crippen molar-refractivity contribution in [3.63, 3.8) is 0 Å². The second-order valence-corrected chi connectivity index (χ2v) is 9.67. The summed E-state index contributed by atoms with van der Waals surface area (Å²) in [5, 5.41) is 4.76. The van der Waals surface area contributed by atoms with Gasteiger partial charge in [0.2, 0.25) is 10.0 Å². The number of aromatic nitrogens is 1. The van der Waals surface area contributed by atoms with Crippen molar-refractivity contribution in [3.8, 4) is 11.1 Å². The molecule has 0 spiro atoms. The third-order valence-corrected chi connectivity index (χ3v) is 7.01. The van der Waals surface area contributed by atoms with Crippen molar-refractivity contribution in [2.24, 2.45) is 0 Å². The van der Waals surface area contributed by atoms with Crippen LogP contribution in [0.4, 0.5) is 5.69 Å². The molecule has 0 bridgehead atoms. The van der Waals surface area contributed by atoms with E-state index in [0.29, 0.717) is 18.5 Å². The van der Waals surface area contributed by atoms with Crippen LogP contribution in [0.2, 0.25) is 0 Å². The van der Waals surface area contributed by atoms with E-state index in [4.69, 9.17) is 5.73 Å². The molecule has 3 aromatic carbocycles. The highest BCUT2D eigenvalue weighted by atomic mass is 32.2. The van der Waals surface area contributed by atoms with E-state index in [0.717, 1.165) is 41.6 Å². The van der Waals surface area contributed by atoms with Gasteiger partial charge in [0.1, 0.15) is 0 Å². The molecule has 4 N–H and O–H groups in total. The number of aryl methyl sites for hydroxylation is 1. The maximum Gasteiger partial charge on any atom is 0.241 e. The molecule has 0 aliphatic carbocycles. The first-order valence-corrected chi connectivity index (χ1v) is 12.5. The normalized spacial score (nSPS) is 11.6. The average molecular weight is 461 g/mol. The Morgan fingerprint density at radius 3 is 2.42 bits per heavy atom. The summed E-state index contributed by atoms with van der Waals surface area (Å²) in [6.45, 7) is 1.68. The molecule has 0 unspecified atom stereocenters. The Morgan fingerprint density at radius 1 is 0.848 bits per heavy atom. The molecule has 0 aliphatic heterocycles. The first kappa shape index (κ1) is 22.9. The van der Waals surface area contributed by atoms with Crippen LogP contribution in [0, 0.1) is 0 Å². The maximum atomic E-state index is 13.2. The minimum absolute atomic E-state index is 0.268. The fourth-order valence-corrected chi connectivity index (χ4v) is 5.06. The third kappa shape index (κ3) is 5.96. The fraction of sp³-hybridized carbons (Fsp3) is 0.192. The van der Waals surface area contributed by atoms with Gasteiger partial charge in [0, 0.05) is 41.9 Å². The summed E-state index contributed by atoms with van der Waals surface area (Å²) in [7, 11) is -3.69. The SMILES string of the molecule is Nc1ccc(CCCNCCNS(=O)(=O)c2cc(-c3ccccc3)cc3cnccc23)cc1. The van der Waals surface area contributed by atoms with Crippen molar-refractivity contribution in [2.45, 2.75) is 17.7 Å². The van der Waals surface area contributed by atoms with Crippen LogP contribution in [-0.4, -0.2) is 33.0 Å². The molecule has 1 aromatic heterocycles. The lowest BCUT2D eigenvalue weighted by Gasteiger charge is -2.13. The summed E-state index contributed by atoms with van der Waals surface area (Å²) in [6, 6.07) is 23.1. The number of hydrogen-bond acceptors (Lipinski definition) is 5. The van der Waals surface area contributed by atoms with Crippen molar-refractivity contribution in [2.75, 3.05) is 25.4 Å². The Kier molecular flexibility index (Phi) is 7.34. The van der Waals surface area contributed by atoms with Crippen LogP contribution in [0.3, 0.4) is 0 Å². The van der Waals surface area contributed by atoms with E-state index in [1.165, 1.54) is 5.56 Å². The van der Waals surface area contributed by atoms with Gasteiger partial charge in [0.05, 0.1) is 4.90 Å². The molecule has 0 atom stereocenters. The molecule has 4 aromatic rings. The van der Waals surface area contributed by atoms with Gasteiger partial charge < -0.3 is 11.1 Å². The van der Waals surface area contributed by atoms with E-state index in [2.05, 4.69) is 15.0 Å². The Bertz CT molecular complexity index is 1310. The largest absolute Gasteiger partial charge is 0.399 e. The zero-order valence-electron chi connectivity index (χ0n) is 18.4. The summed E-state index contributed by atoms with van der Waals surface area (Å²) < 4.78 is 29.1. The Morgan fingerprint density at radius 2 is 1.64 bits per heavy atom. The standard InChI is InChI=1S/C26H28N4O2S/c27-24-10-8-20(9-11-24)5-4-13-28-15-16-30-33(31,32)26-18-22(21-6-2-1-3-7-21)17-23-19-29-14-12-25(23)26/h1-3,6-12,14,17-19,28,30H,4-5,13,15-16,27H2. The Labute approximate surface area is 194 Å². The zero-order chi connectivity index (χ0) is 23.1. The summed E-state index contributed by atoms with van der Waals surface area (Å²) in [4.78, 5) is 4.44. The minimum Gasteiger partial charge on any atom is -0.399 e. The van der Waals surface area contributed by atoms with Gasteiger partial charge in [0.15, 0.2) is 0 Å². The van der Waals surface area contributed by atoms with Gasteiger partial charge in [-0.1, -0.05) is 42.5 Å². The summed E-state index contributed by atoms with van der Waals surface area (Å²) in [5.41, 5.74) is 9.52. The molecule has 6 nitrogen and oxygen atoms in total. The topological polar surface area (TPSA) is 97.1 Å². The molecule has 0 fully saturated rings. The van der Waals surface area contributed by atoms with E-state index in [-0.39, 0.29) is 4.90 Å². The first-order valence-electron chi connectivity index (χ1n) is 11.0. The fourth-order valence-electron chi connectivity index (χ4n) is 3.77. The van der Waals surface area contributed by atoms with Gasteiger partial charge in [-0.25, -0.2) is 13.1 Å². The highest BCUT2D eigenvalue weighted by molar-refractivity contribution is 7.89. The average Bonchev–Trinajstić information content (AvgIpc) is 2.84. The molecule has 0 radical (unpaired) electrons. The molecule has 0 saturated heterocycles. The molecule has 7 heteroatoms. The molecule has 170 valence electrons. The van der Waals surface area contributed by atoms with Crippen LogP contribution >= 0.6 is 0 Å². The molecule has 0 saturated carbocycles. The van der Waals surface area contributed by atoms with Crippen LogP contribution in [0.15, 0.2) is 90.1 Å². The number of benzene rings is 3. The lowest BCUT2D eigenvalue weighted by atomic mass is 10.0. The molecular weight excluding hydrogens is 432 g/mol. The lowest BCUT2D eigenvalue weighted by Crippen LogP contribution is -2.32. The number of nitrogens with two attached hydrogens (primary N) is 1. The van der Waals surface area contributed by atoms with Gasteiger partial charge in [-0.3, -0.25) is 4.98 Å². The predicted octanol–water partition coefficient (Wildman–Crippen LogP) is 3.98. The minimum atomic E-state index is -3.69. The number of nitrogens with zero attached hydrogens (tertiary/aromatic N) is 1. The van der Waals surface area contributed by atoms with Gasteiger partial charge in [-0.15, -0.1) is 0 Å². The van der Waals surface area contributed by atoms with Crippen LogP contribution in [0.5, 0.6) is 0 Å². The number of anilines is 1. The second kappa shape index (κ2) is 10.6. The second-order valence-electron chi connectivity index (χ2n) is 7.93. The molecule has 33 heavy (non-hydrogen) atoms. The summed E-state index contributed by atoms with van der Waals surface area (Å²) in [5.74, 6) is 0. The lowest BCUT2D eigenvalue weighted by molar-refractivity contribution is 0.575. The van der Waals surface area contributed by atoms with Gasteiger partial charge in [-0.05, 0) is 66.4 Å². The van der Waals surface area contributed by atoms with E-state index in [1.54, 1.807) is 24.5 Å². The number of nitrogens with one attached hydrogen (secondary N) is 2. The van der Waals surface area contributed by atoms with Gasteiger partial charge in [0.25, 0.3) is 0 Å². The Balaban J connectivity index is 1.37. The predicted molar refractivity (Wildman–Crippen MR) is 134 cm³/mol. The number of pyridine rings is 1. The van der Waals surface area contributed by atoms with Crippen LogP contribution in [0.1, 0.15) is 12.0 Å². The van der Waals surface area contributed by atoms with Crippen molar-refractivity contribution >= 4 is 26.5 Å².